The third-order valence-corrected chi connectivity index (χ3v) is 4.51. The van der Waals surface area contributed by atoms with Gasteiger partial charge in [0, 0.05) is 19.8 Å². The van der Waals surface area contributed by atoms with Crippen molar-refractivity contribution in [2.45, 2.75) is 6.92 Å². The first-order chi connectivity index (χ1) is 12.4. The summed E-state index contributed by atoms with van der Waals surface area (Å²) in [6.07, 6.45) is 0. The molecule has 1 unspecified atom stereocenters. The van der Waals surface area contributed by atoms with Crippen molar-refractivity contribution in [1.29, 1.82) is 0 Å². The molecule has 2 aromatic carbocycles. The number of rotatable bonds is 5. The summed E-state index contributed by atoms with van der Waals surface area (Å²) in [6.45, 7) is 1.97. The lowest BCUT2D eigenvalue weighted by Gasteiger charge is -2.15. The van der Waals surface area contributed by atoms with Crippen LogP contribution in [0.3, 0.4) is 0 Å². The Labute approximate surface area is 153 Å². The molecule has 1 atom stereocenters. The summed E-state index contributed by atoms with van der Waals surface area (Å²) < 4.78 is 5.26. The molecule has 134 valence electrons. The molecule has 5 heteroatoms. The van der Waals surface area contributed by atoms with Crippen LogP contribution in [0.15, 0.2) is 54.1 Å². The fraction of sp³-hybridized carbons (Fsp3) is 0.238. The van der Waals surface area contributed by atoms with Crippen LogP contribution < -0.4 is 10.1 Å². The number of ether oxygens (including phenoxy) is 1. The van der Waals surface area contributed by atoms with Crippen LogP contribution in [0.4, 0.5) is 5.69 Å². The zero-order valence-corrected chi connectivity index (χ0v) is 15.4. The highest BCUT2D eigenvalue weighted by molar-refractivity contribution is 6.11. The molecule has 1 N–H and O–H groups in total. The summed E-state index contributed by atoms with van der Waals surface area (Å²) in [7, 11) is 4.87. The van der Waals surface area contributed by atoms with Gasteiger partial charge in [-0.2, -0.15) is 0 Å². The van der Waals surface area contributed by atoms with Crippen LogP contribution in [0.1, 0.15) is 22.8 Å². The molecule has 0 spiro atoms. The minimum atomic E-state index is -0.215. The third-order valence-electron chi connectivity index (χ3n) is 4.51. The quantitative estimate of drug-likeness (QED) is 0.899. The lowest BCUT2D eigenvalue weighted by Crippen LogP contribution is -2.23. The van der Waals surface area contributed by atoms with Gasteiger partial charge in [0.05, 0.1) is 18.6 Å². The zero-order valence-electron chi connectivity index (χ0n) is 15.4. The number of hydrogen-bond donors (Lipinski definition) is 1. The second-order valence-corrected chi connectivity index (χ2v) is 6.50. The van der Waals surface area contributed by atoms with E-state index in [0.717, 1.165) is 16.7 Å². The van der Waals surface area contributed by atoms with E-state index < -0.39 is 0 Å². The van der Waals surface area contributed by atoms with Crippen LogP contribution in [0.5, 0.6) is 5.75 Å². The van der Waals surface area contributed by atoms with Crippen molar-refractivity contribution in [3.05, 3.63) is 65.2 Å². The summed E-state index contributed by atoms with van der Waals surface area (Å²) in [5.41, 5.74) is 4.21. The zero-order chi connectivity index (χ0) is 18.8. The number of anilines is 1. The number of methoxy groups -OCH3 is 1. The van der Waals surface area contributed by atoms with Gasteiger partial charge in [-0.3, -0.25) is 9.59 Å². The molecule has 0 aliphatic heterocycles. The van der Waals surface area contributed by atoms with Crippen LogP contribution in [0.2, 0.25) is 0 Å². The van der Waals surface area contributed by atoms with E-state index in [-0.39, 0.29) is 17.7 Å². The molecule has 1 aliphatic rings. The number of carbonyl (C=O) groups is 2. The fourth-order valence-corrected chi connectivity index (χ4v) is 3.08. The van der Waals surface area contributed by atoms with E-state index in [1.165, 1.54) is 12.0 Å². The van der Waals surface area contributed by atoms with Gasteiger partial charge < -0.3 is 15.0 Å². The summed E-state index contributed by atoms with van der Waals surface area (Å²) in [5.74, 6) is -0.00155. The molecular formula is C21H22N2O3. The van der Waals surface area contributed by atoms with Gasteiger partial charge >= 0.3 is 0 Å². The summed E-state index contributed by atoms with van der Waals surface area (Å²) in [5, 5.41) is 2.91. The summed E-state index contributed by atoms with van der Waals surface area (Å²) in [4.78, 5) is 26.5. The Balaban J connectivity index is 1.77. The minimum absolute atomic E-state index is 0.0882. The number of hydrogen-bond acceptors (Lipinski definition) is 3. The molecule has 5 nitrogen and oxygen atoms in total. The molecule has 0 bridgehead atoms. The molecule has 3 rings (SSSR count). The van der Waals surface area contributed by atoms with Crippen molar-refractivity contribution >= 4 is 23.1 Å². The molecule has 0 saturated carbocycles. The minimum Gasteiger partial charge on any atom is -0.496 e. The van der Waals surface area contributed by atoms with Gasteiger partial charge in [0.25, 0.3) is 5.91 Å². The first-order valence-corrected chi connectivity index (χ1v) is 8.40. The van der Waals surface area contributed by atoms with E-state index in [2.05, 4.69) is 5.32 Å². The fourth-order valence-electron chi connectivity index (χ4n) is 3.08. The van der Waals surface area contributed by atoms with E-state index in [0.29, 0.717) is 17.0 Å². The van der Waals surface area contributed by atoms with E-state index in [4.69, 9.17) is 4.74 Å². The van der Waals surface area contributed by atoms with Gasteiger partial charge in [-0.25, -0.2) is 0 Å². The molecule has 1 aliphatic carbocycles. The predicted molar refractivity (Wildman–Crippen MR) is 102 cm³/mol. The SMILES string of the molecule is COc1ccc(NC(=O)C2C(C)=C2c2ccccc2)cc1C(=O)N(C)C. The van der Waals surface area contributed by atoms with E-state index in [1.807, 2.05) is 37.3 Å². The van der Waals surface area contributed by atoms with Crippen molar-refractivity contribution in [2.75, 3.05) is 26.5 Å². The highest BCUT2D eigenvalue weighted by atomic mass is 16.5. The maximum absolute atomic E-state index is 12.7. The number of carbonyl (C=O) groups excluding carboxylic acids is 2. The van der Waals surface area contributed by atoms with E-state index >= 15 is 0 Å². The Morgan fingerprint density at radius 1 is 1.08 bits per heavy atom. The lowest BCUT2D eigenvalue weighted by molar-refractivity contribution is -0.116. The first kappa shape index (κ1) is 17.7. The van der Waals surface area contributed by atoms with Crippen molar-refractivity contribution < 1.29 is 14.3 Å². The second kappa shape index (κ2) is 7.04. The standard InChI is InChI=1S/C21H22N2O3/c1-13-18(14-8-6-5-7-9-14)19(13)20(24)22-15-10-11-17(26-4)16(12-15)21(25)23(2)3/h5-12,19H,1-4H3,(H,22,24). The van der Waals surface area contributed by atoms with Crippen molar-refractivity contribution in [2.24, 2.45) is 5.92 Å². The molecule has 2 aromatic rings. The maximum Gasteiger partial charge on any atom is 0.257 e. The monoisotopic (exact) mass is 350 g/mol. The summed E-state index contributed by atoms with van der Waals surface area (Å²) >= 11 is 0. The number of nitrogens with one attached hydrogen (secondary N) is 1. The second-order valence-electron chi connectivity index (χ2n) is 6.50. The Kier molecular flexibility index (Phi) is 4.80. The molecule has 0 radical (unpaired) electrons. The van der Waals surface area contributed by atoms with Gasteiger partial charge in [0.15, 0.2) is 0 Å². The van der Waals surface area contributed by atoms with Gasteiger partial charge in [-0.05, 0) is 36.3 Å². The number of benzene rings is 2. The first-order valence-electron chi connectivity index (χ1n) is 8.40. The van der Waals surface area contributed by atoms with Gasteiger partial charge in [0.1, 0.15) is 5.75 Å². The van der Waals surface area contributed by atoms with Crippen LogP contribution in [-0.4, -0.2) is 37.9 Å². The lowest BCUT2D eigenvalue weighted by atomic mass is 10.1. The Morgan fingerprint density at radius 3 is 2.38 bits per heavy atom. The molecule has 26 heavy (non-hydrogen) atoms. The van der Waals surface area contributed by atoms with Crippen molar-refractivity contribution in [1.82, 2.24) is 4.90 Å². The molecule has 0 heterocycles. The topological polar surface area (TPSA) is 58.6 Å². The molecular weight excluding hydrogens is 328 g/mol. The van der Waals surface area contributed by atoms with Gasteiger partial charge in [-0.15, -0.1) is 0 Å². The number of amides is 2. The largest absolute Gasteiger partial charge is 0.496 e. The predicted octanol–water partition coefficient (Wildman–Crippen LogP) is 3.44. The van der Waals surface area contributed by atoms with Gasteiger partial charge in [0.2, 0.25) is 5.91 Å². The normalized spacial score (nSPS) is 15.5. The van der Waals surface area contributed by atoms with Gasteiger partial charge in [-0.1, -0.05) is 35.9 Å². The van der Waals surface area contributed by atoms with Crippen LogP contribution >= 0.6 is 0 Å². The molecule has 2 amide bonds. The van der Waals surface area contributed by atoms with Crippen molar-refractivity contribution in [3.63, 3.8) is 0 Å². The number of nitrogens with zero attached hydrogens (tertiary/aromatic N) is 1. The third kappa shape index (κ3) is 3.33. The average Bonchev–Trinajstić information content (AvgIpc) is 3.32. The highest BCUT2D eigenvalue weighted by Crippen LogP contribution is 2.47. The Morgan fingerprint density at radius 2 is 1.77 bits per heavy atom. The maximum atomic E-state index is 12.7. The van der Waals surface area contributed by atoms with Crippen LogP contribution in [0, 0.1) is 5.92 Å². The van der Waals surface area contributed by atoms with E-state index in [9.17, 15) is 9.59 Å². The highest BCUT2D eigenvalue weighted by Gasteiger charge is 2.39. The van der Waals surface area contributed by atoms with E-state index in [1.54, 1.807) is 32.3 Å². The molecule has 0 saturated heterocycles. The van der Waals surface area contributed by atoms with Crippen molar-refractivity contribution in [3.8, 4) is 5.75 Å². The van der Waals surface area contributed by atoms with Crippen LogP contribution in [0.25, 0.3) is 5.57 Å². The smallest absolute Gasteiger partial charge is 0.257 e. The Bertz CT molecular complexity index is 885. The molecule has 0 aromatic heterocycles. The summed E-state index contributed by atoms with van der Waals surface area (Å²) in [6, 6.07) is 15.0. The van der Waals surface area contributed by atoms with Crippen LogP contribution in [-0.2, 0) is 4.79 Å². The Hall–Kier alpha value is -3.08. The molecule has 0 fully saturated rings. The average molecular weight is 350 g/mol.